The van der Waals surface area contributed by atoms with Crippen LogP contribution in [-0.2, 0) is 6.54 Å². The number of aromatic carboxylic acids is 2. The van der Waals surface area contributed by atoms with Crippen LogP contribution >= 0.6 is 0 Å². The van der Waals surface area contributed by atoms with Gasteiger partial charge in [0.05, 0.1) is 0 Å². The predicted octanol–water partition coefficient (Wildman–Crippen LogP) is 0.669. The molecular weight excluding hydrogens is 242 g/mol. The van der Waals surface area contributed by atoms with Crippen LogP contribution < -0.4 is 5.56 Å². The van der Waals surface area contributed by atoms with Gasteiger partial charge in [-0.3, -0.25) is 4.79 Å². The molecule has 0 spiro atoms. The molecule has 7 heteroatoms. The maximum Gasteiger partial charge on any atom is 0.345 e. The van der Waals surface area contributed by atoms with Crippen molar-refractivity contribution in [3.05, 3.63) is 27.2 Å². The van der Waals surface area contributed by atoms with E-state index in [1.165, 1.54) is 6.92 Å². The van der Waals surface area contributed by atoms with Gasteiger partial charge >= 0.3 is 11.9 Å². The second kappa shape index (κ2) is 4.91. The summed E-state index contributed by atoms with van der Waals surface area (Å²) in [6.07, 6.45) is 0.531. The van der Waals surface area contributed by atoms with Gasteiger partial charge in [0, 0.05) is 12.2 Å². The van der Waals surface area contributed by atoms with Gasteiger partial charge in [0.1, 0.15) is 5.56 Å². The van der Waals surface area contributed by atoms with Gasteiger partial charge in [-0.15, -0.1) is 0 Å². The summed E-state index contributed by atoms with van der Waals surface area (Å²) in [6.45, 7) is 3.30. The molecule has 3 N–H and O–H groups in total. The summed E-state index contributed by atoms with van der Waals surface area (Å²) in [6, 6.07) is 0. The number of nitrogens with zero attached hydrogens (tertiary/aromatic N) is 1. The molecule has 0 saturated heterocycles. The highest BCUT2D eigenvalue weighted by Crippen LogP contribution is 2.23. The van der Waals surface area contributed by atoms with E-state index < -0.39 is 34.4 Å². The normalized spacial score (nSPS) is 10.3. The highest BCUT2D eigenvalue weighted by atomic mass is 16.4. The van der Waals surface area contributed by atoms with Gasteiger partial charge < -0.3 is 19.9 Å². The molecule has 1 heterocycles. The number of carbonyl (C=O) groups is 2. The molecule has 1 aromatic rings. The summed E-state index contributed by atoms with van der Waals surface area (Å²) >= 11 is 0. The SMILES string of the molecule is CCCn1c(C)c(C(=O)O)c(O)c(C(=O)O)c1=O. The zero-order valence-corrected chi connectivity index (χ0v) is 9.93. The highest BCUT2D eigenvalue weighted by Gasteiger charge is 2.26. The Morgan fingerprint density at radius 3 is 2.06 bits per heavy atom. The molecule has 0 aliphatic rings. The monoisotopic (exact) mass is 255 g/mol. The number of carboxylic acids is 2. The molecule has 18 heavy (non-hydrogen) atoms. The van der Waals surface area contributed by atoms with Crippen molar-refractivity contribution in [1.29, 1.82) is 0 Å². The quantitative estimate of drug-likeness (QED) is 0.727. The summed E-state index contributed by atoms with van der Waals surface area (Å²) in [5, 5.41) is 27.4. The first-order valence-electron chi connectivity index (χ1n) is 5.25. The molecule has 0 unspecified atom stereocenters. The van der Waals surface area contributed by atoms with Gasteiger partial charge in [-0.1, -0.05) is 6.92 Å². The van der Waals surface area contributed by atoms with Gasteiger partial charge in [-0.2, -0.15) is 0 Å². The molecule has 0 aromatic carbocycles. The fourth-order valence-corrected chi connectivity index (χ4v) is 1.76. The number of hydrogen-bond acceptors (Lipinski definition) is 4. The minimum Gasteiger partial charge on any atom is -0.506 e. The van der Waals surface area contributed by atoms with Crippen molar-refractivity contribution in [2.75, 3.05) is 0 Å². The van der Waals surface area contributed by atoms with E-state index in [1.54, 1.807) is 6.92 Å². The topological polar surface area (TPSA) is 117 Å². The van der Waals surface area contributed by atoms with Crippen LogP contribution in [0, 0.1) is 6.92 Å². The van der Waals surface area contributed by atoms with E-state index in [1.807, 2.05) is 0 Å². The Morgan fingerprint density at radius 2 is 1.67 bits per heavy atom. The molecule has 7 nitrogen and oxygen atoms in total. The molecule has 1 rings (SSSR count). The largest absolute Gasteiger partial charge is 0.506 e. The highest BCUT2D eigenvalue weighted by molar-refractivity contribution is 5.98. The second-order valence-corrected chi connectivity index (χ2v) is 3.75. The third kappa shape index (κ3) is 2.06. The number of aromatic nitrogens is 1. The van der Waals surface area contributed by atoms with Crippen LogP contribution in [0.4, 0.5) is 0 Å². The summed E-state index contributed by atoms with van der Waals surface area (Å²) in [7, 11) is 0. The smallest absolute Gasteiger partial charge is 0.345 e. The van der Waals surface area contributed by atoms with Crippen LogP contribution in [0.5, 0.6) is 5.75 Å². The lowest BCUT2D eigenvalue weighted by Crippen LogP contribution is -2.30. The number of pyridine rings is 1. The van der Waals surface area contributed by atoms with Crippen LogP contribution in [0.1, 0.15) is 39.8 Å². The first-order chi connectivity index (χ1) is 8.32. The van der Waals surface area contributed by atoms with Crippen LogP contribution in [0.25, 0.3) is 0 Å². The summed E-state index contributed by atoms with van der Waals surface area (Å²) in [5.74, 6) is -4.12. The van der Waals surface area contributed by atoms with Gasteiger partial charge in [0.15, 0.2) is 11.3 Å². The third-order valence-corrected chi connectivity index (χ3v) is 2.57. The third-order valence-electron chi connectivity index (χ3n) is 2.57. The molecule has 98 valence electrons. The van der Waals surface area contributed by atoms with Crippen molar-refractivity contribution < 1.29 is 24.9 Å². The summed E-state index contributed by atoms with van der Waals surface area (Å²) < 4.78 is 1.05. The molecule has 0 saturated carbocycles. The van der Waals surface area contributed by atoms with E-state index in [0.29, 0.717) is 6.42 Å². The Balaban J connectivity index is 3.82. The lowest BCUT2D eigenvalue weighted by molar-refractivity contribution is 0.0687. The lowest BCUT2D eigenvalue weighted by Gasteiger charge is -2.14. The maximum absolute atomic E-state index is 11.8. The summed E-state index contributed by atoms with van der Waals surface area (Å²) in [4.78, 5) is 33.8. The van der Waals surface area contributed by atoms with Crippen LogP contribution in [0.2, 0.25) is 0 Å². The van der Waals surface area contributed by atoms with Crippen molar-refractivity contribution in [2.24, 2.45) is 0 Å². The molecule has 0 aliphatic heterocycles. The number of aromatic hydroxyl groups is 1. The van der Waals surface area contributed by atoms with Gasteiger partial charge in [0.2, 0.25) is 0 Å². The summed E-state index contributed by atoms with van der Waals surface area (Å²) in [5.41, 5.74) is -2.33. The molecule has 1 aromatic heterocycles. The van der Waals surface area contributed by atoms with Crippen molar-refractivity contribution >= 4 is 11.9 Å². The van der Waals surface area contributed by atoms with E-state index in [4.69, 9.17) is 10.2 Å². The average Bonchev–Trinajstić information content (AvgIpc) is 2.23. The molecular formula is C11H13NO6. The van der Waals surface area contributed by atoms with E-state index in [0.717, 1.165) is 4.57 Å². The van der Waals surface area contributed by atoms with E-state index >= 15 is 0 Å². The Morgan fingerprint density at radius 1 is 1.17 bits per heavy atom. The Kier molecular flexibility index (Phi) is 3.75. The average molecular weight is 255 g/mol. The first-order valence-corrected chi connectivity index (χ1v) is 5.25. The fraction of sp³-hybridized carbons (Fsp3) is 0.364. The van der Waals surface area contributed by atoms with Crippen molar-refractivity contribution in [2.45, 2.75) is 26.8 Å². The lowest BCUT2D eigenvalue weighted by atomic mass is 10.1. The van der Waals surface area contributed by atoms with Crippen LogP contribution in [0.15, 0.2) is 4.79 Å². The first kappa shape index (κ1) is 13.8. The zero-order valence-electron chi connectivity index (χ0n) is 9.93. The Hall–Kier alpha value is -2.31. The fourth-order valence-electron chi connectivity index (χ4n) is 1.76. The van der Waals surface area contributed by atoms with Gasteiger partial charge in [-0.05, 0) is 13.3 Å². The Labute approximate surface area is 102 Å². The van der Waals surface area contributed by atoms with Gasteiger partial charge in [-0.25, -0.2) is 9.59 Å². The molecule has 0 amide bonds. The number of hydrogen-bond donors (Lipinski definition) is 3. The zero-order chi connectivity index (χ0) is 14.0. The van der Waals surface area contributed by atoms with Crippen molar-refractivity contribution in [1.82, 2.24) is 4.57 Å². The standard InChI is InChI=1S/C11H13NO6/c1-3-4-12-5(2)6(10(15)16)8(13)7(9(12)14)11(17)18/h13H,3-4H2,1-2H3,(H,15,16)(H,17,18). The molecule has 0 fully saturated rings. The van der Waals surface area contributed by atoms with Crippen molar-refractivity contribution in [3.8, 4) is 5.75 Å². The molecule has 0 radical (unpaired) electrons. The van der Waals surface area contributed by atoms with E-state index in [2.05, 4.69) is 0 Å². The van der Waals surface area contributed by atoms with E-state index in [9.17, 15) is 19.5 Å². The van der Waals surface area contributed by atoms with Crippen LogP contribution in [0.3, 0.4) is 0 Å². The minimum atomic E-state index is -1.65. The Bertz CT molecular complexity index is 572. The van der Waals surface area contributed by atoms with Gasteiger partial charge in [0.25, 0.3) is 5.56 Å². The van der Waals surface area contributed by atoms with Crippen LogP contribution in [-0.4, -0.2) is 31.8 Å². The predicted molar refractivity (Wildman–Crippen MR) is 61.3 cm³/mol. The number of carboxylic acid groups (broad SMARTS) is 2. The second-order valence-electron chi connectivity index (χ2n) is 3.75. The number of rotatable bonds is 4. The maximum atomic E-state index is 11.8. The molecule has 0 atom stereocenters. The van der Waals surface area contributed by atoms with E-state index in [-0.39, 0.29) is 12.2 Å². The van der Waals surface area contributed by atoms with Crippen molar-refractivity contribution in [3.63, 3.8) is 0 Å². The minimum absolute atomic E-state index is 0.0388. The molecule has 0 bridgehead atoms. The molecule has 0 aliphatic carbocycles.